The van der Waals surface area contributed by atoms with Crippen LogP contribution < -0.4 is 4.67 Å². The Balaban J connectivity index is 3.07. The van der Waals surface area contributed by atoms with Crippen molar-refractivity contribution in [3.63, 3.8) is 0 Å². The zero-order chi connectivity index (χ0) is 14.3. The third-order valence-corrected chi connectivity index (χ3v) is 9.69. The van der Waals surface area contributed by atoms with E-state index in [0.29, 0.717) is 11.9 Å². The molecule has 0 aliphatic rings. The summed E-state index contributed by atoms with van der Waals surface area (Å²) in [7, 11) is 0. The van der Waals surface area contributed by atoms with Gasteiger partial charge in [-0.15, -0.1) is 0 Å². The van der Waals surface area contributed by atoms with E-state index in [4.69, 9.17) is 28.5 Å². The molecule has 2 nitrogen and oxygen atoms in total. The second-order valence-electron chi connectivity index (χ2n) is 4.00. The average molecular weight is 333 g/mol. The van der Waals surface area contributed by atoms with Gasteiger partial charge in [0.25, 0.3) is 0 Å². The van der Waals surface area contributed by atoms with Crippen molar-refractivity contribution in [3.05, 3.63) is 30.3 Å². The number of thiocarbonyl (C=S) groups is 1. The lowest BCUT2D eigenvalue weighted by atomic mass is 10.3. The van der Waals surface area contributed by atoms with Crippen molar-refractivity contribution in [3.8, 4) is 0 Å². The molecule has 1 aromatic rings. The first-order valence-corrected chi connectivity index (χ1v) is 10.9. The molecule has 0 aromatic heterocycles. The Kier molecular flexibility index (Phi) is 7.55. The lowest BCUT2D eigenvalue weighted by molar-refractivity contribution is 0.385. The fourth-order valence-electron chi connectivity index (χ4n) is 1.45. The van der Waals surface area contributed by atoms with E-state index in [9.17, 15) is 0 Å². The van der Waals surface area contributed by atoms with Crippen LogP contribution in [0.15, 0.2) is 30.3 Å². The fourth-order valence-corrected chi connectivity index (χ4v) is 9.18. The van der Waals surface area contributed by atoms with Crippen LogP contribution in [0.25, 0.3) is 0 Å². The number of hydrogen-bond acceptors (Lipinski definition) is 4. The number of anilines is 1. The Bertz CT molecular complexity index is 441. The van der Waals surface area contributed by atoms with Crippen LogP contribution in [0.3, 0.4) is 0 Å². The monoisotopic (exact) mass is 333 g/mol. The van der Waals surface area contributed by atoms with Gasteiger partial charge in [0, 0.05) is 10.9 Å². The molecule has 0 saturated carbocycles. The van der Waals surface area contributed by atoms with Crippen molar-refractivity contribution in [1.82, 2.24) is 0 Å². The molecular formula is C13H20NOPS3. The summed E-state index contributed by atoms with van der Waals surface area (Å²) in [5.74, 6) is 0. The van der Waals surface area contributed by atoms with Gasteiger partial charge < -0.3 is 4.52 Å². The quantitative estimate of drug-likeness (QED) is 0.475. The Morgan fingerprint density at radius 3 is 2.47 bits per heavy atom. The number of benzene rings is 1. The Morgan fingerprint density at radius 1 is 1.37 bits per heavy atom. The maximum absolute atomic E-state index is 5.93. The van der Waals surface area contributed by atoms with E-state index in [1.807, 2.05) is 41.9 Å². The van der Waals surface area contributed by atoms with Gasteiger partial charge in [-0.1, -0.05) is 55.6 Å². The second kappa shape index (κ2) is 8.38. The molecule has 2 atom stereocenters. The molecule has 0 fully saturated rings. The third-order valence-electron chi connectivity index (χ3n) is 2.56. The molecule has 6 heteroatoms. The van der Waals surface area contributed by atoms with Crippen molar-refractivity contribution in [1.29, 1.82) is 0 Å². The molecule has 106 valence electrons. The number of nitrogens with zero attached hydrogens (tertiary/aromatic N) is 1. The molecule has 0 bridgehead atoms. The highest BCUT2D eigenvalue weighted by Gasteiger charge is 2.28. The van der Waals surface area contributed by atoms with Crippen LogP contribution >= 0.6 is 29.2 Å². The molecule has 0 amide bonds. The van der Waals surface area contributed by atoms with E-state index >= 15 is 0 Å². The van der Waals surface area contributed by atoms with Crippen LogP contribution in [0.5, 0.6) is 0 Å². The minimum atomic E-state index is -2.20. The van der Waals surface area contributed by atoms with Gasteiger partial charge in [0.1, 0.15) is 0 Å². The largest absolute Gasteiger partial charge is 0.326 e. The maximum atomic E-state index is 5.93. The third kappa shape index (κ3) is 4.83. The Labute approximate surface area is 130 Å². The molecule has 1 rings (SSSR count). The lowest BCUT2D eigenvalue weighted by Crippen LogP contribution is -2.17. The SMILES string of the molecule is CCOP(=S)(SC(C)CC)N(C=S)c1ccccc1. The van der Waals surface area contributed by atoms with E-state index < -0.39 is 5.62 Å². The lowest BCUT2D eigenvalue weighted by Gasteiger charge is -2.33. The molecule has 0 spiro atoms. The molecule has 0 N–H and O–H groups in total. The zero-order valence-electron chi connectivity index (χ0n) is 11.5. The van der Waals surface area contributed by atoms with Gasteiger partial charge in [-0.05, 0) is 37.3 Å². The fraction of sp³-hybridized carbons (Fsp3) is 0.462. The van der Waals surface area contributed by atoms with Crippen LogP contribution in [0.4, 0.5) is 5.69 Å². The van der Waals surface area contributed by atoms with Crippen LogP contribution in [0.1, 0.15) is 27.2 Å². The standard InChI is InChI=1S/C13H20NOPS3/c1-4-12(3)19-16(18,15-5-2)14(11-17)13-9-7-6-8-10-13/h6-12H,4-5H2,1-3H3. The van der Waals surface area contributed by atoms with Crippen molar-refractivity contribution < 1.29 is 4.52 Å². The van der Waals surface area contributed by atoms with Crippen molar-refractivity contribution in [2.75, 3.05) is 11.3 Å². The topological polar surface area (TPSA) is 12.5 Å². The summed E-state index contributed by atoms with van der Waals surface area (Å²) in [6.45, 7) is 6.92. The summed E-state index contributed by atoms with van der Waals surface area (Å²) in [5.41, 5.74) is 0.430. The smallest absolute Gasteiger partial charge is 0.218 e. The predicted molar refractivity (Wildman–Crippen MR) is 95.8 cm³/mol. The first-order valence-electron chi connectivity index (χ1n) is 6.30. The van der Waals surface area contributed by atoms with E-state index in [2.05, 4.69) is 13.8 Å². The van der Waals surface area contributed by atoms with Gasteiger partial charge in [-0.2, -0.15) is 0 Å². The second-order valence-corrected chi connectivity index (χ2v) is 11.1. The van der Waals surface area contributed by atoms with Crippen LogP contribution in [-0.2, 0) is 16.3 Å². The molecule has 19 heavy (non-hydrogen) atoms. The minimum Gasteiger partial charge on any atom is -0.326 e. The van der Waals surface area contributed by atoms with Crippen LogP contribution in [0.2, 0.25) is 0 Å². The first kappa shape index (κ1) is 17.1. The molecule has 0 radical (unpaired) electrons. The molecule has 0 aliphatic carbocycles. The van der Waals surface area contributed by atoms with E-state index in [-0.39, 0.29) is 0 Å². The highest BCUT2D eigenvalue weighted by molar-refractivity contribution is 8.70. The summed E-state index contributed by atoms with van der Waals surface area (Å²) < 4.78 is 7.88. The summed E-state index contributed by atoms with van der Waals surface area (Å²) in [4.78, 5) is 0. The minimum absolute atomic E-state index is 0.457. The van der Waals surface area contributed by atoms with Gasteiger partial charge in [-0.25, -0.2) is 0 Å². The number of para-hydroxylation sites is 1. The summed E-state index contributed by atoms with van der Waals surface area (Å²) in [6.07, 6.45) is 1.07. The molecule has 0 heterocycles. The van der Waals surface area contributed by atoms with Gasteiger partial charge in [0.2, 0.25) is 5.62 Å². The molecule has 2 unspecified atom stereocenters. The summed E-state index contributed by atoms with van der Waals surface area (Å²) >= 11 is 12.7. The highest BCUT2D eigenvalue weighted by atomic mass is 32.9. The van der Waals surface area contributed by atoms with Gasteiger partial charge in [-0.3, -0.25) is 4.67 Å². The van der Waals surface area contributed by atoms with Gasteiger partial charge >= 0.3 is 0 Å². The summed E-state index contributed by atoms with van der Waals surface area (Å²) in [5, 5.41) is 0.457. The predicted octanol–water partition coefficient (Wildman–Crippen LogP) is 5.24. The van der Waals surface area contributed by atoms with E-state index in [0.717, 1.165) is 12.1 Å². The molecule has 0 saturated heterocycles. The van der Waals surface area contributed by atoms with E-state index in [1.165, 1.54) is 0 Å². The highest BCUT2D eigenvalue weighted by Crippen LogP contribution is 2.65. The van der Waals surface area contributed by atoms with Gasteiger partial charge in [0.15, 0.2) is 0 Å². The molecular weight excluding hydrogens is 313 g/mol. The number of hydrogen-bond donors (Lipinski definition) is 0. The van der Waals surface area contributed by atoms with Crippen LogP contribution in [-0.4, -0.2) is 17.3 Å². The van der Waals surface area contributed by atoms with Crippen molar-refractivity contribution >= 4 is 52.2 Å². The van der Waals surface area contributed by atoms with Gasteiger partial charge in [0.05, 0.1) is 12.1 Å². The van der Waals surface area contributed by atoms with E-state index in [1.54, 1.807) is 16.9 Å². The first-order chi connectivity index (χ1) is 9.07. The van der Waals surface area contributed by atoms with Crippen molar-refractivity contribution in [2.24, 2.45) is 0 Å². The van der Waals surface area contributed by atoms with Crippen LogP contribution in [0, 0.1) is 0 Å². The molecule has 1 aromatic carbocycles. The normalized spacial score (nSPS) is 15.5. The molecule has 0 aliphatic heterocycles. The maximum Gasteiger partial charge on any atom is 0.218 e. The Morgan fingerprint density at radius 2 is 2.00 bits per heavy atom. The average Bonchev–Trinajstić information content (AvgIpc) is 2.40. The summed E-state index contributed by atoms with van der Waals surface area (Å²) in [6, 6.07) is 9.98. The Hall–Kier alpha value is 0.0700. The zero-order valence-corrected chi connectivity index (χ0v) is 14.8. The number of rotatable bonds is 8. The van der Waals surface area contributed by atoms with Crippen molar-refractivity contribution in [2.45, 2.75) is 32.4 Å².